The molecule has 0 atom stereocenters. The molecular formula is C9H8BrClFN. The molecule has 0 amide bonds. The second-order valence-electron chi connectivity index (χ2n) is 2.49. The molecule has 0 saturated heterocycles. The van der Waals surface area contributed by atoms with Crippen molar-refractivity contribution in [2.24, 2.45) is 0 Å². The van der Waals surface area contributed by atoms with Gasteiger partial charge in [-0.1, -0.05) is 34.1 Å². The standard InChI is InChI=1S/C9H8BrClFN/c1-6(11)5-13-9-4-7(10)2-3-8(9)12/h2-4,13H,1,5H2. The van der Waals surface area contributed by atoms with Crippen molar-refractivity contribution in [3.8, 4) is 0 Å². The summed E-state index contributed by atoms with van der Waals surface area (Å²) in [7, 11) is 0. The van der Waals surface area contributed by atoms with Gasteiger partial charge in [0.1, 0.15) is 5.82 Å². The largest absolute Gasteiger partial charge is 0.378 e. The van der Waals surface area contributed by atoms with Crippen LogP contribution in [0.5, 0.6) is 0 Å². The predicted octanol–water partition coefficient (Wildman–Crippen LogP) is 3.75. The van der Waals surface area contributed by atoms with Crippen molar-refractivity contribution < 1.29 is 4.39 Å². The van der Waals surface area contributed by atoms with E-state index in [2.05, 4.69) is 27.8 Å². The fourth-order valence-electron chi connectivity index (χ4n) is 0.824. The van der Waals surface area contributed by atoms with Crippen LogP contribution in [-0.2, 0) is 0 Å². The molecule has 0 fully saturated rings. The topological polar surface area (TPSA) is 12.0 Å². The molecule has 0 unspecified atom stereocenters. The van der Waals surface area contributed by atoms with Crippen LogP contribution in [0.4, 0.5) is 10.1 Å². The first-order valence-corrected chi connectivity index (χ1v) is 4.79. The first-order valence-electron chi connectivity index (χ1n) is 3.62. The van der Waals surface area contributed by atoms with Crippen molar-refractivity contribution in [3.63, 3.8) is 0 Å². The summed E-state index contributed by atoms with van der Waals surface area (Å²) in [5.74, 6) is -0.305. The number of hydrogen-bond acceptors (Lipinski definition) is 1. The molecule has 0 saturated carbocycles. The maximum absolute atomic E-state index is 13.1. The zero-order valence-corrected chi connectivity index (χ0v) is 9.12. The van der Waals surface area contributed by atoms with Crippen LogP contribution in [0.25, 0.3) is 0 Å². The summed E-state index contributed by atoms with van der Waals surface area (Å²) in [6.45, 7) is 3.85. The summed E-state index contributed by atoms with van der Waals surface area (Å²) in [6, 6.07) is 4.66. The van der Waals surface area contributed by atoms with Crippen LogP contribution in [0, 0.1) is 5.82 Å². The first-order chi connectivity index (χ1) is 6.09. The summed E-state index contributed by atoms with van der Waals surface area (Å²) >= 11 is 8.77. The van der Waals surface area contributed by atoms with E-state index in [1.165, 1.54) is 6.07 Å². The van der Waals surface area contributed by atoms with Crippen molar-refractivity contribution in [1.29, 1.82) is 0 Å². The minimum atomic E-state index is -0.305. The van der Waals surface area contributed by atoms with Gasteiger partial charge in [-0.15, -0.1) is 0 Å². The van der Waals surface area contributed by atoms with Gasteiger partial charge in [-0.3, -0.25) is 0 Å². The number of hydrogen-bond donors (Lipinski definition) is 1. The summed E-state index contributed by atoms with van der Waals surface area (Å²) < 4.78 is 13.9. The molecular weight excluding hydrogens is 256 g/mol. The summed E-state index contributed by atoms with van der Waals surface area (Å²) in [6.07, 6.45) is 0. The Morgan fingerprint density at radius 3 is 2.92 bits per heavy atom. The lowest BCUT2D eigenvalue weighted by atomic mass is 10.3. The Kier molecular flexibility index (Phi) is 3.75. The maximum Gasteiger partial charge on any atom is 0.146 e. The predicted molar refractivity (Wildman–Crippen MR) is 57.6 cm³/mol. The number of rotatable bonds is 3. The van der Waals surface area contributed by atoms with E-state index < -0.39 is 0 Å². The minimum absolute atomic E-state index is 0.305. The monoisotopic (exact) mass is 263 g/mol. The number of anilines is 1. The van der Waals surface area contributed by atoms with Crippen molar-refractivity contribution in [2.45, 2.75) is 0 Å². The molecule has 13 heavy (non-hydrogen) atoms. The molecule has 0 heterocycles. The molecule has 70 valence electrons. The van der Waals surface area contributed by atoms with E-state index in [9.17, 15) is 4.39 Å². The highest BCUT2D eigenvalue weighted by molar-refractivity contribution is 9.10. The zero-order chi connectivity index (χ0) is 9.84. The van der Waals surface area contributed by atoms with E-state index in [-0.39, 0.29) is 5.82 Å². The second kappa shape index (κ2) is 4.63. The number of nitrogens with one attached hydrogen (secondary N) is 1. The highest BCUT2D eigenvalue weighted by Crippen LogP contribution is 2.20. The molecule has 1 aromatic rings. The van der Waals surface area contributed by atoms with Crippen LogP contribution in [0.3, 0.4) is 0 Å². The lowest BCUT2D eigenvalue weighted by molar-refractivity contribution is 0.630. The second-order valence-corrected chi connectivity index (χ2v) is 3.95. The fourth-order valence-corrected chi connectivity index (χ4v) is 1.25. The van der Waals surface area contributed by atoms with Crippen LogP contribution in [0.1, 0.15) is 0 Å². The first kappa shape index (κ1) is 10.5. The SMILES string of the molecule is C=C(Cl)CNc1cc(Br)ccc1F. The van der Waals surface area contributed by atoms with Crippen LogP contribution in [0.2, 0.25) is 0 Å². The summed E-state index contributed by atoms with van der Waals surface area (Å²) in [5, 5.41) is 3.26. The van der Waals surface area contributed by atoms with Gasteiger partial charge in [-0.2, -0.15) is 0 Å². The molecule has 0 aliphatic heterocycles. The molecule has 0 aliphatic rings. The summed E-state index contributed by atoms with van der Waals surface area (Å²) in [4.78, 5) is 0. The number of benzene rings is 1. The molecule has 0 bridgehead atoms. The normalized spacial score (nSPS) is 9.77. The molecule has 0 radical (unpaired) electrons. The lowest BCUT2D eigenvalue weighted by Crippen LogP contribution is -2.02. The average molecular weight is 265 g/mol. The fraction of sp³-hybridized carbons (Fsp3) is 0.111. The Hall–Kier alpha value is -0.540. The lowest BCUT2D eigenvalue weighted by Gasteiger charge is -2.06. The van der Waals surface area contributed by atoms with E-state index in [1.807, 2.05) is 0 Å². The Balaban J connectivity index is 2.75. The highest BCUT2D eigenvalue weighted by Gasteiger charge is 2.01. The van der Waals surface area contributed by atoms with Crippen molar-refractivity contribution in [3.05, 3.63) is 40.1 Å². The van der Waals surface area contributed by atoms with Gasteiger partial charge in [-0.25, -0.2) is 4.39 Å². The third-order valence-electron chi connectivity index (χ3n) is 1.40. The Labute approximate surface area is 89.7 Å². The minimum Gasteiger partial charge on any atom is -0.378 e. The van der Waals surface area contributed by atoms with Crippen LogP contribution in [0.15, 0.2) is 34.3 Å². The Morgan fingerprint density at radius 1 is 1.62 bits per heavy atom. The maximum atomic E-state index is 13.1. The average Bonchev–Trinajstić information content (AvgIpc) is 2.06. The van der Waals surface area contributed by atoms with Gasteiger partial charge in [-0.05, 0) is 18.2 Å². The van der Waals surface area contributed by atoms with Crippen LogP contribution >= 0.6 is 27.5 Å². The van der Waals surface area contributed by atoms with Crippen LogP contribution in [-0.4, -0.2) is 6.54 Å². The zero-order valence-electron chi connectivity index (χ0n) is 6.78. The van der Waals surface area contributed by atoms with Crippen molar-refractivity contribution >= 4 is 33.2 Å². The van der Waals surface area contributed by atoms with E-state index >= 15 is 0 Å². The highest BCUT2D eigenvalue weighted by atomic mass is 79.9. The van der Waals surface area contributed by atoms with Gasteiger partial charge in [0.15, 0.2) is 0 Å². The molecule has 0 aromatic heterocycles. The van der Waals surface area contributed by atoms with Crippen molar-refractivity contribution in [2.75, 3.05) is 11.9 Å². The molecule has 0 aliphatic carbocycles. The Morgan fingerprint density at radius 2 is 2.31 bits per heavy atom. The van der Waals surface area contributed by atoms with Gasteiger partial charge < -0.3 is 5.32 Å². The van der Waals surface area contributed by atoms with Gasteiger partial charge >= 0.3 is 0 Å². The molecule has 0 spiro atoms. The molecule has 1 aromatic carbocycles. The van der Waals surface area contributed by atoms with E-state index in [1.54, 1.807) is 12.1 Å². The third-order valence-corrected chi connectivity index (χ3v) is 2.03. The molecule has 4 heteroatoms. The van der Waals surface area contributed by atoms with Gasteiger partial charge in [0.25, 0.3) is 0 Å². The van der Waals surface area contributed by atoms with Crippen molar-refractivity contribution in [1.82, 2.24) is 0 Å². The molecule has 1 rings (SSSR count). The molecule has 1 N–H and O–H groups in total. The summed E-state index contributed by atoms with van der Waals surface area (Å²) in [5.41, 5.74) is 0.413. The number of halogens is 3. The smallest absolute Gasteiger partial charge is 0.146 e. The van der Waals surface area contributed by atoms with Gasteiger partial charge in [0.05, 0.1) is 12.2 Å². The van der Waals surface area contributed by atoms with Crippen LogP contribution < -0.4 is 5.32 Å². The van der Waals surface area contributed by atoms with Gasteiger partial charge in [0.2, 0.25) is 0 Å². The van der Waals surface area contributed by atoms with Gasteiger partial charge in [0, 0.05) is 9.51 Å². The van der Waals surface area contributed by atoms with E-state index in [0.717, 1.165) is 4.47 Å². The van der Waals surface area contributed by atoms with E-state index in [0.29, 0.717) is 17.3 Å². The van der Waals surface area contributed by atoms with E-state index in [4.69, 9.17) is 11.6 Å². The quantitative estimate of drug-likeness (QED) is 0.877. The third kappa shape index (κ3) is 3.36. The molecule has 1 nitrogen and oxygen atoms in total. The Bertz CT molecular complexity index is 327.